The van der Waals surface area contributed by atoms with Gasteiger partial charge in [0.2, 0.25) is 10.0 Å². The Balaban J connectivity index is 1.51. The Labute approximate surface area is 183 Å². The average molecular weight is 448 g/mol. The topological polar surface area (TPSA) is 92.1 Å². The van der Waals surface area contributed by atoms with E-state index in [0.717, 1.165) is 37.3 Å². The Morgan fingerprint density at radius 3 is 2.55 bits per heavy atom. The van der Waals surface area contributed by atoms with E-state index in [1.807, 2.05) is 19.1 Å². The van der Waals surface area contributed by atoms with Gasteiger partial charge in [0.1, 0.15) is 5.76 Å². The minimum Gasteiger partial charge on any atom is -0.468 e. The van der Waals surface area contributed by atoms with Crippen molar-refractivity contribution in [2.75, 3.05) is 45.9 Å². The van der Waals surface area contributed by atoms with Crippen molar-refractivity contribution in [3.63, 3.8) is 0 Å². The van der Waals surface area contributed by atoms with Gasteiger partial charge in [0.15, 0.2) is 0 Å². The molecule has 1 N–H and O–H groups in total. The van der Waals surface area contributed by atoms with Crippen LogP contribution in [0.15, 0.2) is 45.9 Å². The van der Waals surface area contributed by atoms with Crippen LogP contribution in [0.3, 0.4) is 0 Å². The Morgan fingerprint density at radius 1 is 1.13 bits per heavy atom. The quantitative estimate of drug-likeness (QED) is 0.700. The van der Waals surface area contributed by atoms with Crippen molar-refractivity contribution in [1.29, 1.82) is 0 Å². The number of ether oxygens (including phenoxy) is 1. The highest BCUT2D eigenvalue weighted by atomic mass is 32.2. The summed E-state index contributed by atoms with van der Waals surface area (Å²) in [6, 6.07) is 8.47. The summed E-state index contributed by atoms with van der Waals surface area (Å²) in [5, 5.41) is 2.99. The molecule has 4 rings (SSSR count). The van der Waals surface area contributed by atoms with Crippen molar-refractivity contribution in [3.8, 4) is 0 Å². The first-order valence-corrected chi connectivity index (χ1v) is 12.1. The molecule has 3 heterocycles. The molecule has 0 radical (unpaired) electrons. The number of nitrogens with one attached hydrogen (secondary N) is 1. The molecule has 9 heteroatoms. The van der Waals surface area contributed by atoms with Crippen LogP contribution in [0.2, 0.25) is 0 Å². The van der Waals surface area contributed by atoms with E-state index in [9.17, 15) is 13.2 Å². The fourth-order valence-electron chi connectivity index (χ4n) is 4.17. The molecule has 1 atom stereocenters. The predicted octanol–water partition coefficient (Wildman–Crippen LogP) is 2.18. The molecule has 0 unspecified atom stereocenters. The van der Waals surface area contributed by atoms with Crippen LogP contribution in [0.25, 0.3) is 0 Å². The molecule has 31 heavy (non-hydrogen) atoms. The summed E-state index contributed by atoms with van der Waals surface area (Å²) in [6.45, 7) is 5.53. The lowest BCUT2D eigenvalue weighted by Gasteiger charge is -2.27. The molecule has 1 aromatic carbocycles. The second-order valence-electron chi connectivity index (χ2n) is 7.98. The SMILES string of the molecule is Cc1ccc(S(=O)(=O)N2CCOCC2)cc1C(=O)NC[C@@H](c1ccco1)N1CCCC1. The third-order valence-electron chi connectivity index (χ3n) is 5.97. The highest BCUT2D eigenvalue weighted by Crippen LogP contribution is 2.25. The zero-order valence-electron chi connectivity index (χ0n) is 17.7. The molecule has 2 fully saturated rings. The molecule has 0 bridgehead atoms. The van der Waals surface area contributed by atoms with Gasteiger partial charge in [0, 0.05) is 25.2 Å². The van der Waals surface area contributed by atoms with Crippen molar-refractivity contribution in [2.24, 2.45) is 0 Å². The van der Waals surface area contributed by atoms with Crippen LogP contribution in [0.4, 0.5) is 0 Å². The summed E-state index contributed by atoms with van der Waals surface area (Å²) in [5.74, 6) is 0.537. The highest BCUT2D eigenvalue weighted by Gasteiger charge is 2.29. The fourth-order valence-corrected chi connectivity index (χ4v) is 5.61. The number of benzene rings is 1. The standard InChI is InChI=1S/C22H29N3O5S/c1-17-6-7-18(31(27,28)25-10-13-29-14-11-25)15-19(17)22(26)23-16-20(21-5-4-12-30-21)24-8-2-3-9-24/h4-7,12,15,20H,2-3,8-11,13-14,16H2,1H3,(H,23,26)/t20-/m0/s1. The smallest absolute Gasteiger partial charge is 0.251 e. The predicted molar refractivity (Wildman–Crippen MR) is 115 cm³/mol. The number of furan rings is 1. The first-order valence-electron chi connectivity index (χ1n) is 10.7. The van der Waals surface area contributed by atoms with E-state index in [4.69, 9.17) is 9.15 Å². The molecule has 1 amide bonds. The van der Waals surface area contributed by atoms with E-state index in [0.29, 0.717) is 38.4 Å². The maximum atomic E-state index is 13.0. The average Bonchev–Trinajstić information content (AvgIpc) is 3.50. The lowest BCUT2D eigenvalue weighted by Crippen LogP contribution is -2.40. The van der Waals surface area contributed by atoms with E-state index < -0.39 is 10.0 Å². The number of amides is 1. The highest BCUT2D eigenvalue weighted by molar-refractivity contribution is 7.89. The minimum absolute atomic E-state index is 0.0398. The summed E-state index contributed by atoms with van der Waals surface area (Å²) < 4.78 is 38.3. The Bertz CT molecular complexity index is 994. The first kappa shape index (κ1) is 22.0. The Morgan fingerprint density at radius 2 is 1.87 bits per heavy atom. The molecule has 2 aliphatic rings. The van der Waals surface area contributed by atoms with Crippen LogP contribution < -0.4 is 5.32 Å². The van der Waals surface area contributed by atoms with Crippen molar-refractivity contribution in [3.05, 3.63) is 53.5 Å². The van der Waals surface area contributed by atoms with Gasteiger partial charge < -0.3 is 14.5 Å². The zero-order chi connectivity index (χ0) is 21.8. The fraction of sp³-hybridized carbons (Fsp3) is 0.500. The third kappa shape index (κ3) is 4.85. The normalized spacial score (nSPS) is 19.4. The largest absolute Gasteiger partial charge is 0.468 e. The summed E-state index contributed by atoms with van der Waals surface area (Å²) >= 11 is 0. The minimum atomic E-state index is -3.66. The van der Waals surface area contributed by atoms with E-state index in [2.05, 4.69) is 10.2 Å². The number of morpholine rings is 1. The zero-order valence-corrected chi connectivity index (χ0v) is 18.6. The maximum absolute atomic E-state index is 13.0. The number of rotatable bonds is 7. The van der Waals surface area contributed by atoms with Gasteiger partial charge in [-0.2, -0.15) is 4.31 Å². The number of likely N-dealkylation sites (tertiary alicyclic amines) is 1. The van der Waals surface area contributed by atoms with Crippen molar-refractivity contribution in [1.82, 2.24) is 14.5 Å². The maximum Gasteiger partial charge on any atom is 0.251 e. The summed E-state index contributed by atoms with van der Waals surface area (Å²) in [5.41, 5.74) is 1.10. The number of hydrogen-bond donors (Lipinski definition) is 1. The number of aryl methyl sites for hydroxylation is 1. The van der Waals surface area contributed by atoms with Crippen molar-refractivity contribution >= 4 is 15.9 Å². The van der Waals surface area contributed by atoms with Crippen molar-refractivity contribution in [2.45, 2.75) is 30.7 Å². The van der Waals surface area contributed by atoms with E-state index in [1.165, 1.54) is 10.4 Å². The number of carbonyl (C=O) groups excluding carboxylic acids is 1. The number of hydrogen-bond acceptors (Lipinski definition) is 6. The van der Waals surface area contributed by atoms with E-state index >= 15 is 0 Å². The van der Waals surface area contributed by atoms with Crippen LogP contribution in [0.1, 0.15) is 40.6 Å². The van der Waals surface area contributed by atoms with Gasteiger partial charge in [0.25, 0.3) is 5.91 Å². The molecule has 8 nitrogen and oxygen atoms in total. The number of nitrogens with zero attached hydrogens (tertiary/aromatic N) is 2. The van der Waals surface area contributed by atoms with Crippen molar-refractivity contribution < 1.29 is 22.4 Å². The molecule has 0 aliphatic carbocycles. The lowest BCUT2D eigenvalue weighted by molar-refractivity contribution is 0.0730. The molecule has 1 aromatic heterocycles. The summed E-state index contributed by atoms with van der Waals surface area (Å²) in [6.07, 6.45) is 3.90. The summed E-state index contributed by atoms with van der Waals surface area (Å²) in [4.78, 5) is 15.5. The van der Waals surface area contributed by atoms with Crippen LogP contribution in [0, 0.1) is 6.92 Å². The Hall–Kier alpha value is -2.20. The first-order chi connectivity index (χ1) is 15.0. The molecule has 0 spiro atoms. The molecular weight excluding hydrogens is 418 g/mol. The molecule has 0 saturated carbocycles. The van der Waals surface area contributed by atoms with E-state index in [1.54, 1.807) is 18.4 Å². The van der Waals surface area contributed by atoms with Gasteiger partial charge in [-0.05, 0) is 62.7 Å². The van der Waals surface area contributed by atoms with Crippen LogP contribution in [0.5, 0.6) is 0 Å². The Kier molecular flexibility index (Phi) is 6.76. The van der Waals surface area contributed by atoms with E-state index in [-0.39, 0.29) is 16.8 Å². The van der Waals surface area contributed by atoms with Crippen LogP contribution in [-0.2, 0) is 14.8 Å². The summed E-state index contributed by atoms with van der Waals surface area (Å²) in [7, 11) is -3.66. The molecule has 2 saturated heterocycles. The van der Waals surface area contributed by atoms with Gasteiger partial charge in [0.05, 0.1) is 30.4 Å². The second kappa shape index (κ2) is 9.52. The monoisotopic (exact) mass is 447 g/mol. The molecule has 2 aliphatic heterocycles. The van der Waals surface area contributed by atoms with Gasteiger partial charge in [-0.15, -0.1) is 0 Å². The number of sulfonamides is 1. The third-order valence-corrected chi connectivity index (χ3v) is 7.87. The van der Waals surface area contributed by atoms with Gasteiger partial charge in [-0.25, -0.2) is 8.42 Å². The molecule has 2 aromatic rings. The van der Waals surface area contributed by atoms with Crippen LogP contribution >= 0.6 is 0 Å². The van der Waals surface area contributed by atoms with Gasteiger partial charge >= 0.3 is 0 Å². The number of carbonyl (C=O) groups is 1. The lowest BCUT2D eigenvalue weighted by atomic mass is 10.1. The van der Waals surface area contributed by atoms with Gasteiger partial charge in [-0.3, -0.25) is 9.69 Å². The molecule has 168 valence electrons. The van der Waals surface area contributed by atoms with Crippen LogP contribution in [-0.4, -0.2) is 69.5 Å². The molecular formula is C22H29N3O5S. The second-order valence-corrected chi connectivity index (χ2v) is 9.92. The van der Waals surface area contributed by atoms with Gasteiger partial charge in [-0.1, -0.05) is 6.07 Å².